The summed E-state index contributed by atoms with van der Waals surface area (Å²) in [5, 5.41) is 16.0. The van der Waals surface area contributed by atoms with E-state index in [1.54, 1.807) is 11.8 Å². The number of halogens is 2. The second-order valence-electron chi connectivity index (χ2n) is 6.07. The minimum Gasteiger partial charge on any atom is -0.357 e. The number of fused-ring (bicyclic) bond motifs is 1. The maximum atomic E-state index is 5.91. The van der Waals surface area contributed by atoms with Gasteiger partial charge in [0.25, 0.3) is 0 Å². The van der Waals surface area contributed by atoms with Gasteiger partial charge in [-0.25, -0.2) is 4.99 Å². The second-order valence-corrected chi connectivity index (χ2v) is 7.67. The van der Waals surface area contributed by atoms with Gasteiger partial charge in [0.2, 0.25) is 0 Å². The number of aliphatic imine (C=N–C) groups is 1. The molecule has 0 saturated heterocycles. The average molecular weight is 521 g/mol. The molecule has 1 aromatic heterocycles. The van der Waals surface area contributed by atoms with Gasteiger partial charge in [0.1, 0.15) is 12.4 Å². The Labute approximate surface area is 187 Å². The number of aromatic nitrogens is 3. The van der Waals surface area contributed by atoms with Crippen molar-refractivity contribution in [2.45, 2.75) is 44.2 Å². The van der Waals surface area contributed by atoms with Crippen molar-refractivity contribution < 1.29 is 0 Å². The van der Waals surface area contributed by atoms with Gasteiger partial charge < -0.3 is 15.2 Å². The van der Waals surface area contributed by atoms with Crippen LogP contribution in [0.3, 0.4) is 0 Å². The van der Waals surface area contributed by atoms with E-state index < -0.39 is 0 Å². The lowest BCUT2D eigenvalue weighted by atomic mass is 10.2. The summed E-state index contributed by atoms with van der Waals surface area (Å²) in [7, 11) is 0. The van der Waals surface area contributed by atoms with Gasteiger partial charge in [-0.05, 0) is 44.0 Å². The minimum atomic E-state index is 0. The van der Waals surface area contributed by atoms with E-state index in [1.165, 1.54) is 17.7 Å². The van der Waals surface area contributed by atoms with Crippen molar-refractivity contribution >= 4 is 53.3 Å². The molecule has 6 nitrogen and oxygen atoms in total. The molecule has 0 atom stereocenters. The van der Waals surface area contributed by atoms with Crippen LogP contribution in [0.2, 0.25) is 5.02 Å². The molecule has 0 unspecified atom stereocenters. The first-order chi connectivity index (χ1) is 12.8. The minimum absolute atomic E-state index is 0. The van der Waals surface area contributed by atoms with E-state index in [4.69, 9.17) is 11.6 Å². The Morgan fingerprint density at radius 2 is 2.04 bits per heavy atom. The zero-order valence-electron chi connectivity index (χ0n) is 15.4. The average Bonchev–Trinajstić information content (AvgIpc) is 3.08. The topological polar surface area (TPSA) is 67.1 Å². The van der Waals surface area contributed by atoms with E-state index >= 15 is 0 Å². The number of benzene rings is 1. The van der Waals surface area contributed by atoms with Crippen LogP contribution in [0.5, 0.6) is 0 Å². The van der Waals surface area contributed by atoms with Gasteiger partial charge in [0.05, 0.1) is 0 Å². The molecular formula is C18H26ClIN6S. The van der Waals surface area contributed by atoms with Crippen LogP contribution in [0.4, 0.5) is 0 Å². The van der Waals surface area contributed by atoms with E-state index in [-0.39, 0.29) is 24.0 Å². The molecule has 0 spiro atoms. The summed E-state index contributed by atoms with van der Waals surface area (Å²) in [6.07, 6.45) is 3.43. The van der Waals surface area contributed by atoms with Gasteiger partial charge in [-0.15, -0.1) is 45.9 Å². The highest BCUT2D eigenvalue weighted by atomic mass is 127. The Kier molecular flexibility index (Phi) is 9.70. The zero-order valence-corrected chi connectivity index (χ0v) is 19.4. The lowest BCUT2D eigenvalue weighted by Gasteiger charge is -2.14. The largest absolute Gasteiger partial charge is 0.357 e. The van der Waals surface area contributed by atoms with Crippen LogP contribution < -0.4 is 10.6 Å². The third kappa shape index (κ3) is 6.83. The number of hydrogen-bond acceptors (Lipinski definition) is 4. The number of aryl methyl sites for hydroxylation is 1. The summed E-state index contributed by atoms with van der Waals surface area (Å²) < 4.78 is 2.22. The van der Waals surface area contributed by atoms with Crippen LogP contribution in [-0.4, -0.2) is 39.6 Å². The van der Waals surface area contributed by atoms with Gasteiger partial charge in [0, 0.05) is 41.7 Å². The molecule has 2 heterocycles. The summed E-state index contributed by atoms with van der Waals surface area (Å²) in [4.78, 5) is 5.88. The van der Waals surface area contributed by atoms with Crippen LogP contribution in [-0.2, 0) is 19.5 Å². The monoisotopic (exact) mass is 520 g/mol. The highest BCUT2D eigenvalue weighted by Crippen LogP contribution is 2.19. The predicted molar refractivity (Wildman–Crippen MR) is 123 cm³/mol. The first-order valence-electron chi connectivity index (χ1n) is 9.07. The van der Waals surface area contributed by atoms with E-state index in [2.05, 4.69) is 37.3 Å². The van der Waals surface area contributed by atoms with Crippen molar-refractivity contribution in [3.05, 3.63) is 40.9 Å². The predicted octanol–water partition coefficient (Wildman–Crippen LogP) is 3.73. The Morgan fingerprint density at radius 1 is 1.22 bits per heavy atom. The smallest absolute Gasteiger partial charge is 0.191 e. The Balaban J connectivity index is 0.00000261. The molecule has 0 radical (unpaired) electrons. The fraction of sp³-hybridized carbons (Fsp3) is 0.500. The van der Waals surface area contributed by atoms with Crippen LogP contribution in [0.25, 0.3) is 0 Å². The van der Waals surface area contributed by atoms with Gasteiger partial charge in [-0.1, -0.05) is 11.6 Å². The number of hydrogen-bond donors (Lipinski definition) is 2. The Morgan fingerprint density at radius 3 is 2.81 bits per heavy atom. The Bertz CT molecular complexity index is 734. The van der Waals surface area contributed by atoms with E-state index in [1.807, 2.05) is 24.3 Å². The van der Waals surface area contributed by atoms with Crippen molar-refractivity contribution in [3.8, 4) is 0 Å². The van der Waals surface area contributed by atoms with E-state index in [9.17, 15) is 0 Å². The third-order valence-electron chi connectivity index (χ3n) is 4.14. The van der Waals surface area contributed by atoms with Crippen molar-refractivity contribution in [3.63, 3.8) is 0 Å². The molecule has 148 valence electrons. The van der Waals surface area contributed by atoms with Crippen LogP contribution in [0, 0.1) is 0 Å². The normalized spacial score (nSPS) is 13.6. The lowest BCUT2D eigenvalue weighted by molar-refractivity contribution is 0.508. The first kappa shape index (κ1) is 22.3. The Hall–Kier alpha value is -1.000. The molecule has 1 aromatic carbocycles. The van der Waals surface area contributed by atoms with Crippen molar-refractivity contribution in [1.29, 1.82) is 0 Å². The van der Waals surface area contributed by atoms with Gasteiger partial charge in [0.15, 0.2) is 11.8 Å². The number of thioether (sulfide) groups is 1. The maximum absolute atomic E-state index is 5.91. The summed E-state index contributed by atoms with van der Waals surface area (Å²) >= 11 is 7.71. The fourth-order valence-corrected chi connectivity index (χ4v) is 3.74. The zero-order chi connectivity index (χ0) is 18.2. The quantitative estimate of drug-likeness (QED) is 0.191. The van der Waals surface area contributed by atoms with Gasteiger partial charge >= 0.3 is 0 Å². The van der Waals surface area contributed by atoms with Gasteiger partial charge in [-0.2, -0.15) is 0 Å². The van der Waals surface area contributed by atoms with Gasteiger partial charge in [-0.3, -0.25) is 0 Å². The van der Waals surface area contributed by atoms with Crippen molar-refractivity contribution in [1.82, 2.24) is 25.4 Å². The molecule has 0 bridgehead atoms. The summed E-state index contributed by atoms with van der Waals surface area (Å²) in [6.45, 7) is 5.28. The molecule has 0 fully saturated rings. The van der Waals surface area contributed by atoms with Crippen molar-refractivity contribution in [2.75, 3.05) is 18.8 Å². The molecule has 1 aliphatic rings. The first-order valence-corrected chi connectivity index (χ1v) is 10.4. The number of nitrogens with one attached hydrogen (secondary N) is 2. The molecule has 0 aliphatic carbocycles. The number of guanidine groups is 1. The molecule has 0 saturated carbocycles. The molecule has 2 aromatic rings. The van der Waals surface area contributed by atoms with Crippen LogP contribution in [0.1, 0.15) is 31.4 Å². The fourth-order valence-electron chi connectivity index (χ4n) is 2.85. The SMILES string of the molecule is CCNC(=NCc1nnc2n1CCCC2)NCCSc1ccc(Cl)cc1.I. The van der Waals surface area contributed by atoms with Crippen molar-refractivity contribution in [2.24, 2.45) is 4.99 Å². The molecule has 2 N–H and O–H groups in total. The summed E-state index contributed by atoms with van der Waals surface area (Å²) in [6, 6.07) is 7.92. The molecule has 3 rings (SSSR count). The highest BCUT2D eigenvalue weighted by Gasteiger charge is 2.15. The summed E-state index contributed by atoms with van der Waals surface area (Å²) in [5.41, 5.74) is 0. The number of nitrogens with zero attached hydrogens (tertiary/aromatic N) is 4. The highest BCUT2D eigenvalue weighted by molar-refractivity contribution is 14.0. The number of rotatable bonds is 7. The van der Waals surface area contributed by atoms with Crippen LogP contribution in [0.15, 0.2) is 34.2 Å². The molecular weight excluding hydrogens is 495 g/mol. The van der Waals surface area contributed by atoms with Crippen LogP contribution >= 0.6 is 47.3 Å². The van der Waals surface area contributed by atoms with E-state index in [0.717, 1.165) is 54.4 Å². The lowest BCUT2D eigenvalue weighted by Crippen LogP contribution is -2.38. The maximum Gasteiger partial charge on any atom is 0.191 e. The molecule has 0 amide bonds. The summed E-state index contributed by atoms with van der Waals surface area (Å²) in [5.74, 6) is 3.82. The molecule has 1 aliphatic heterocycles. The third-order valence-corrected chi connectivity index (χ3v) is 5.40. The standard InChI is InChI=1S/C18H25ClN6S.HI/c1-2-20-18(21-10-12-26-15-8-6-14(19)7-9-15)22-13-17-24-23-16-5-3-4-11-25(16)17;/h6-9H,2-5,10-13H2,1H3,(H2,20,21,22);1H. The second kappa shape index (κ2) is 11.8. The molecule has 9 heteroatoms. The molecule has 27 heavy (non-hydrogen) atoms. The van der Waals surface area contributed by atoms with E-state index in [0.29, 0.717) is 6.54 Å².